The van der Waals surface area contributed by atoms with Gasteiger partial charge in [0.2, 0.25) is 5.95 Å². The second kappa shape index (κ2) is 11.3. The van der Waals surface area contributed by atoms with E-state index >= 15 is 0 Å². The van der Waals surface area contributed by atoms with Gasteiger partial charge in [-0.15, -0.1) is 0 Å². The van der Waals surface area contributed by atoms with Gasteiger partial charge in [-0.05, 0) is 49.9 Å². The molecule has 1 aromatic carbocycles. The van der Waals surface area contributed by atoms with Crippen molar-refractivity contribution in [2.75, 3.05) is 56.0 Å². The summed E-state index contributed by atoms with van der Waals surface area (Å²) in [5.74, 6) is -0.466. The maximum Gasteiger partial charge on any atom is 0.229 e. The van der Waals surface area contributed by atoms with Crippen LogP contribution in [0.3, 0.4) is 0 Å². The van der Waals surface area contributed by atoms with Gasteiger partial charge in [-0.2, -0.15) is 0 Å². The number of hydrogen-bond acceptors (Lipinski definition) is 8. The van der Waals surface area contributed by atoms with Crippen LogP contribution < -0.4 is 10.2 Å². The van der Waals surface area contributed by atoms with Crippen LogP contribution in [0, 0.1) is 11.6 Å². The molecule has 2 aromatic heterocycles. The van der Waals surface area contributed by atoms with Crippen LogP contribution in [-0.4, -0.2) is 77.3 Å². The normalized spacial score (nSPS) is 16.8. The monoisotopic (exact) mass is 506 g/mol. The molecule has 3 aromatic rings. The predicted molar refractivity (Wildman–Crippen MR) is 143 cm³/mol. The third kappa shape index (κ3) is 5.75. The molecule has 37 heavy (non-hydrogen) atoms. The zero-order valence-corrected chi connectivity index (χ0v) is 21.1. The largest absolute Gasteiger partial charge is 0.370 e. The first kappa shape index (κ1) is 25.2. The van der Waals surface area contributed by atoms with E-state index in [1.165, 1.54) is 6.07 Å². The number of likely N-dealkylation sites (N-methyl/N-ethyl adjacent to an activating group) is 1. The van der Waals surface area contributed by atoms with Gasteiger partial charge in [0.15, 0.2) is 11.6 Å². The molecule has 2 saturated heterocycles. The van der Waals surface area contributed by atoms with Crippen molar-refractivity contribution in [1.82, 2.24) is 24.8 Å². The fraction of sp³-hybridized carbons (Fsp3) is 0.407. The van der Waals surface area contributed by atoms with E-state index in [0.29, 0.717) is 17.1 Å². The SMILES string of the molecule is C=Nc1c(F)cc(-c2nc(Nc3ccc(CN4CCN(CC)CC4)cn3)ncc2F)cc1N1CCCC1. The van der Waals surface area contributed by atoms with E-state index < -0.39 is 11.6 Å². The highest BCUT2D eigenvalue weighted by atomic mass is 19.1. The van der Waals surface area contributed by atoms with Gasteiger partial charge in [-0.25, -0.2) is 23.7 Å². The number of pyridine rings is 1. The topological polar surface area (TPSA) is 72.8 Å². The Kier molecular flexibility index (Phi) is 7.66. The van der Waals surface area contributed by atoms with Gasteiger partial charge in [0.25, 0.3) is 0 Å². The lowest BCUT2D eigenvalue weighted by Crippen LogP contribution is -2.45. The highest BCUT2D eigenvalue weighted by molar-refractivity contribution is 5.77. The minimum absolute atomic E-state index is 0.00954. The minimum Gasteiger partial charge on any atom is -0.370 e. The third-order valence-corrected chi connectivity index (χ3v) is 7.05. The first-order valence-corrected chi connectivity index (χ1v) is 12.8. The second-order valence-corrected chi connectivity index (χ2v) is 9.46. The molecular weight excluding hydrogens is 474 g/mol. The highest BCUT2D eigenvalue weighted by Gasteiger charge is 2.22. The summed E-state index contributed by atoms with van der Waals surface area (Å²) in [6.45, 7) is 13.5. The fourth-order valence-corrected chi connectivity index (χ4v) is 4.94. The van der Waals surface area contributed by atoms with Crippen molar-refractivity contribution in [3.05, 3.63) is 53.9 Å². The number of benzene rings is 1. The molecule has 0 atom stereocenters. The summed E-state index contributed by atoms with van der Waals surface area (Å²) in [5, 5.41) is 3.04. The first-order valence-electron chi connectivity index (χ1n) is 12.8. The number of nitrogens with one attached hydrogen (secondary N) is 1. The van der Waals surface area contributed by atoms with Crippen molar-refractivity contribution in [3.63, 3.8) is 0 Å². The highest BCUT2D eigenvalue weighted by Crippen LogP contribution is 2.38. The molecule has 2 aliphatic heterocycles. The zero-order valence-electron chi connectivity index (χ0n) is 21.1. The molecule has 5 rings (SSSR count). The summed E-state index contributed by atoms with van der Waals surface area (Å²) in [5.41, 5.74) is 2.23. The average molecular weight is 507 g/mol. The van der Waals surface area contributed by atoms with Crippen molar-refractivity contribution in [2.24, 2.45) is 4.99 Å². The maximum absolute atomic E-state index is 14.9. The minimum atomic E-state index is -0.636. The van der Waals surface area contributed by atoms with E-state index in [9.17, 15) is 8.78 Å². The number of piperazine rings is 1. The van der Waals surface area contributed by atoms with Crippen molar-refractivity contribution >= 4 is 29.9 Å². The molecule has 194 valence electrons. The molecular formula is C27H32F2N8. The first-order chi connectivity index (χ1) is 18.0. The van der Waals surface area contributed by atoms with E-state index in [0.717, 1.165) is 77.0 Å². The summed E-state index contributed by atoms with van der Waals surface area (Å²) in [4.78, 5) is 23.7. The van der Waals surface area contributed by atoms with Gasteiger partial charge < -0.3 is 15.1 Å². The smallest absolute Gasteiger partial charge is 0.229 e. The van der Waals surface area contributed by atoms with Crippen LogP contribution in [0.15, 0.2) is 41.7 Å². The van der Waals surface area contributed by atoms with Gasteiger partial charge >= 0.3 is 0 Å². The van der Waals surface area contributed by atoms with Gasteiger partial charge in [0.05, 0.1) is 11.9 Å². The van der Waals surface area contributed by atoms with Crippen molar-refractivity contribution in [2.45, 2.75) is 26.3 Å². The molecule has 2 fully saturated rings. The van der Waals surface area contributed by atoms with Crippen molar-refractivity contribution in [3.8, 4) is 11.3 Å². The lowest BCUT2D eigenvalue weighted by Gasteiger charge is -2.33. The molecule has 10 heteroatoms. The molecule has 0 amide bonds. The Morgan fingerprint density at radius 1 is 0.946 bits per heavy atom. The number of rotatable bonds is 8. The van der Waals surface area contributed by atoms with Gasteiger partial charge in [-0.1, -0.05) is 13.0 Å². The Labute approximate surface area is 216 Å². The number of anilines is 3. The maximum atomic E-state index is 14.9. The molecule has 0 unspecified atom stereocenters. The fourth-order valence-electron chi connectivity index (χ4n) is 4.94. The van der Waals surface area contributed by atoms with Crippen LogP contribution in [0.2, 0.25) is 0 Å². The van der Waals surface area contributed by atoms with Crippen LogP contribution in [0.4, 0.5) is 31.9 Å². The van der Waals surface area contributed by atoms with E-state index in [-0.39, 0.29) is 17.3 Å². The molecule has 2 aliphatic rings. The number of aliphatic imine (C=N–C) groups is 1. The average Bonchev–Trinajstić information content (AvgIpc) is 3.46. The van der Waals surface area contributed by atoms with Gasteiger partial charge in [0.1, 0.15) is 17.2 Å². The predicted octanol–water partition coefficient (Wildman–Crippen LogP) is 4.63. The van der Waals surface area contributed by atoms with Crippen LogP contribution in [0.5, 0.6) is 0 Å². The van der Waals surface area contributed by atoms with Gasteiger partial charge in [-0.3, -0.25) is 9.89 Å². The lowest BCUT2D eigenvalue weighted by atomic mass is 10.1. The van der Waals surface area contributed by atoms with E-state index in [2.05, 4.69) is 48.7 Å². The quantitative estimate of drug-likeness (QED) is 0.447. The molecule has 0 radical (unpaired) electrons. The lowest BCUT2D eigenvalue weighted by molar-refractivity contribution is 0.132. The Balaban J connectivity index is 1.32. The number of halogens is 2. The summed E-state index contributed by atoms with van der Waals surface area (Å²) >= 11 is 0. The molecule has 0 saturated carbocycles. The zero-order chi connectivity index (χ0) is 25.8. The number of aromatic nitrogens is 3. The molecule has 4 heterocycles. The summed E-state index contributed by atoms with van der Waals surface area (Å²) in [6.07, 6.45) is 4.94. The number of hydrogen-bond donors (Lipinski definition) is 1. The third-order valence-electron chi connectivity index (χ3n) is 7.05. The molecule has 1 N–H and O–H groups in total. The van der Waals surface area contributed by atoms with Crippen LogP contribution in [-0.2, 0) is 6.54 Å². The summed E-state index contributed by atoms with van der Waals surface area (Å²) in [7, 11) is 0. The standard InChI is InChI=1S/C27H32F2N8/c1-3-35-10-12-36(13-11-35)18-19-6-7-24(31-16-19)33-27-32-17-22(29)25(34-27)20-14-21(28)26(30-2)23(15-20)37-8-4-5-9-37/h6-7,14-17H,2-5,8-13,18H2,1H3,(H,31,32,33,34). The Bertz CT molecular complexity index is 1240. The molecule has 8 nitrogen and oxygen atoms in total. The summed E-state index contributed by atoms with van der Waals surface area (Å²) in [6, 6.07) is 6.84. The van der Waals surface area contributed by atoms with E-state index in [4.69, 9.17) is 0 Å². The molecule has 0 bridgehead atoms. The van der Waals surface area contributed by atoms with E-state index in [1.807, 2.05) is 23.2 Å². The van der Waals surface area contributed by atoms with Gasteiger partial charge in [0, 0.05) is 57.6 Å². The van der Waals surface area contributed by atoms with Crippen LogP contribution in [0.25, 0.3) is 11.3 Å². The Morgan fingerprint density at radius 2 is 1.70 bits per heavy atom. The molecule has 0 aliphatic carbocycles. The Hall–Kier alpha value is -3.50. The molecule has 0 spiro atoms. The van der Waals surface area contributed by atoms with Crippen molar-refractivity contribution < 1.29 is 8.78 Å². The Morgan fingerprint density at radius 3 is 2.38 bits per heavy atom. The van der Waals surface area contributed by atoms with Crippen LogP contribution >= 0.6 is 0 Å². The second-order valence-electron chi connectivity index (χ2n) is 9.46. The van der Waals surface area contributed by atoms with Crippen LogP contribution in [0.1, 0.15) is 25.3 Å². The summed E-state index contributed by atoms with van der Waals surface area (Å²) < 4.78 is 29.7. The van der Waals surface area contributed by atoms with E-state index in [1.54, 1.807) is 6.07 Å². The van der Waals surface area contributed by atoms with Crippen molar-refractivity contribution in [1.29, 1.82) is 0 Å². The number of nitrogens with zero attached hydrogens (tertiary/aromatic N) is 7.